The van der Waals surface area contributed by atoms with Crippen molar-refractivity contribution >= 4 is 34.4 Å². The molecule has 1 amide bonds. The van der Waals surface area contributed by atoms with Crippen molar-refractivity contribution in [2.24, 2.45) is 0 Å². The van der Waals surface area contributed by atoms with Gasteiger partial charge in [0.2, 0.25) is 0 Å². The van der Waals surface area contributed by atoms with Gasteiger partial charge in [0, 0.05) is 29.1 Å². The smallest absolute Gasteiger partial charge is 0.339 e. The number of fused-ring (bicyclic) bond motifs is 1. The van der Waals surface area contributed by atoms with Crippen molar-refractivity contribution in [1.82, 2.24) is 9.88 Å². The summed E-state index contributed by atoms with van der Waals surface area (Å²) in [7, 11) is 0. The van der Waals surface area contributed by atoms with Gasteiger partial charge in [-0.15, -0.1) is 0 Å². The fraction of sp³-hybridized carbons (Fsp3) is 0.292. The van der Waals surface area contributed by atoms with E-state index in [1.165, 1.54) is 0 Å². The number of esters is 1. The standard InChI is InChI=1S/C24H23ClN2O3/c25-18-11-9-17(10-12-18)22-15-20(19-7-3-4-8-21(19)26-22)24(29)30-16-23(28)27-13-5-1-2-6-14-27/h3-4,7-12,15H,1-2,5-6,13-14,16H2. The first-order chi connectivity index (χ1) is 14.6. The molecule has 5 nitrogen and oxygen atoms in total. The van der Waals surface area contributed by atoms with E-state index < -0.39 is 5.97 Å². The van der Waals surface area contributed by atoms with Gasteiger partial charge in [0.25, 0.3) is 5.91 Å². The molecule has 0 saturated carbocycles. The highest BCUT2D eigenvalue weighted by Gasteiger charge is 2.20. The average Bonchev–Trinajstić information content (AvgIpc) is 3.06. The van der Waals surface area contributed by atoms with Crippen LogP contribution in [0.5, 0.6) is 0 Å². The van der Waals surface area contributed by atoms with E-state index in [4.69, 9.17) is 16.3 Å². The second-order valence-electron chi connectivity index (χ2n) is 7.45. The Labute approximate surface area is 180 Å². The molecule has 2 heterocycles. The molecule has 1 saturated heterocycles. The van der Waals surface area contributed by atoms with Crippen molar-refractivity contribution in [3.8, 4) is 11.3 Å². The molecule has 4 rings (SSSR count). The van der Waals surface area contributed by atoms with Crippen LogP contribution in [0.25, 0.3) is 22.2 Å². The van der Waals surface area contributed by atoms with Crippen LogP contribution in [0.2, 0.25) is 5.02 Å². The van der Waals surface area contributed by atoms with Crippen LogP contribution in [-0.2, 0) is 9.53 Å². The van der Waals surface area contributed by atoms with E-state index >= 15 is 0 Å². The maximum absolute atomic E-state index is 12.9. The number of nitrogens with zero attached hydrogens (tertiary/aromatic N) is 2. The normalized spacial score (nSPS) is 14.4. The highest BCUT2D eigenvalue weighted by Crippen LogP contribution is 2.26. The van der Waals surface area contributed by atoms with Gasteiger partial charge >= 0.3 is 5.97 Å². The van der Waals surface area contributed by atoms with E-state index in [1.54, 1.807) is 23.1 Å². The van der Waals surface area contributed by atoms with Gasteiger partial charge in [-0.3, -0.25) is 4.79 Å². The van der Waals surface area contributed by atoms with E-state index in [-0.39, 0.29) is 12.5 Å². The van der Waals surface area contributed by atoms with Crippen LogP contribution in [0.3, 0.4) is 0 Å². The van der Waals surface area contributed by atoms with Gasteiger partial charge in [0.15, 0.2) is 6.61 Å². The minimum absolute atomic E-state index is 0.137. The summed E-state index contributed by atoms with van der Waals surface area (Å²) in [5.41, 5.74) is 2.58. The molecule has 0 unspecified atom stereocenters. The maximum atomic E-state index is 12.9. The van der Waals surface area contributed by atoms with E-state index in [9.17, 15) is 9.59 Å². The zero-order chi connectivity index (χ0) is 20.9. The van der Waals surface area contributed by atoms with Gasteiger partial charge in [0.05, 0.1) is 16.8 Å². The Balaban J connectivity index is 1.58. The molecule has 30 heavy (non-hydrogen) atoms. The third-order valence-corrected chi connectivity index (χ3v) is 5.61. The molecule has 6 heteroatoms. The second-order valence-corrected chi connectivity index (χ2v) is 7.89. The van der Waals surface area contributed by atoms with E-state index in [0.717, 1.165) is 44.3 Å². The summed E-state index contributed by atoms with van der Waals surface area (Å²) < 4.78 is 5.42. The monoisotopic (exact) mass is 422 g/mol. The van der Waals surface area contributed by atoms with Gasteiger partial charge in [-0.2, -0.15) is 0 Å². The van der Waals surface area contributed by atoms with Crippen LogP contribution in [0.4, 0.5) is 0 Å². The van der Waals surface area contributed by atoms with Crippen molar-refractivity contribution < 1.29 is 14.3 Å². The Morgan fingerprint density at radius 3 is 2.40 bits per heavy atom. The number of ether oxygens (including phenoxy) is 1. The van der Waals surface area contributed by atoms with Crippen molar-refractivity contribution in [1.29, 1.82) is 0 Å². The average molecular weight is 423 g/mol. The Bertz CT molecular complexity index is 1060. The molecule has 0 radical (unpaired) electrons. The van der Waals surface area contributed by atoms with Crippen molar-refractivity contribution in [3.63, 3.8) is 0 Å². The second kappa shape index (κ2) is 9.26. The number of pyridine rings is 1. The van der Waals surface area contributed by atoms with Crippen LogP contribution in [0, 0.1) is 0 Å². The number of benzene rings is 2. The number of carbonyl (C=O) groups is 2. The number of hydrogen-bond acceptors (Lipinski definition) is 4. The molecule has 0 atom stereocenters. The Hall–Kier alpha value is -2.92. The van der Waals surface area contributed by atoms with Crippen molar-refractivity contribution in [2.75, 3.05) is 19.7 Å². The summed E-state index contributed by atoms with van der Waals surface area (Å²) in [6.07, 6.45) is 4.28. The predicted molar refractivity (Wildman–Crippen MR) is 118 cm³/mol. The Kier molecular flexibility index (Phi) is 6.29. The Morgan fingerprint density at radius 2 is 1.67 bits per heavy atom. The third kappa shape index (κ3) is 4.62. The van der Waals surface area contributed by atoms with E-state index in [2.05, 4.69) is 4.98 Å². The summed E-state index contributed by atoms with van der Waals surface area (Å²) in [6.45, 7) is 1.22. The molecule has 1 aromatic heterocycles. The summed E-state index contributed by atoms with van der Waals surface area (Å²) >= 11 is 5.99. The SMILES string of the molecule is O=C(OCC(=O)N1CCCCCC1)c1cc(-c2ccc(Cl)cc2)nc2ccccc12. The van der Waals surface area contributed by atoms with Gasteiger partial charge < -0.3 is 9.64 Å². The summed E-state index contributed by atoms with van der Waals surface area (Å²) in [6, 6.07) is 16.4. The number of likely N-dealkylation sites (tertiary alicyclic amines) is 1. The van der Waals surface area contributed by atoms with Crippen molar-refractivity contribution in [2.45, 2.75) is 25.7 Å². The number of para-hydroxylation sites is 1. The number of amides is 1. The van der Waals surface area contributed by atoms with Crippen LogP contribution in [0.1, 0.15) is 36.0 Å². The molecule has 1 fully saturated rings. The lowest BCUT2D eigenvalue weighted by atomic mass is 10.0. The van der Waals surface area contributed by atoms with Crippen LogP contribution >= 0.6 is 11.6 Å². The number of rotatable bonds is 4. The van der Waals surface area contributed by atoms with Gasteiger partial charge in [0.1, 0.15) is 0 Å². The predicted octanol–water partition coefficient (Wildman–Crippen LogP) is 5.11. The zero-order valence-corrected chi connectivity index (χ0v) is 17.4. The molecule has 1 aliphatic heterocycles. The molecule has 0 N–H and O–H groups in total. The molecule has 1 aliphatic rings. The molecular formula is C24H23ClN2O3. The summed E-state index contributed by atoms with van der Waals surface area (Å²) in [5, 5.41) is 1.33. The molecule has 0 aliphatic carbocycles. The molecule has 0 bridgehead atoms. The van der Waals surface area contributed by atoms with Crippen molar-refractivity contribution in [3.05, 3.63) is 65.2 Å². The van der Waals surface area contributed by atoms with Crippen LogP contribution < -0.4 is 0 Å². The number of carbonyl (C=O) groups excluding carboxylic acids is 2. The minimum Gasteiger partial charge on any atom is -0.452 e. The molecule has 0 spiro atoms. The lowest BCUT2D eigenvalue weighted by Gasteiger charge is -2.20. The van der Waals surface area contributed by atoms with Gasteiger partial charge in [-0.1, -0.05) is 54.8 Å². The van der Waals surface area contributed by atoms with E-state index in [0.29, 0.717) is 27.2 Å². The van der Waals surface area contributed by atoms with Crippen LogP contribution in [-0.4, -0.2) is 41.5 Å². The number of aromatic nitrogens is 1. The largest absolute Gasteiger partial charge is 0.452 e. The number of hydrogen-bond donors (Lipinski definition) is 0. The molecule has 3 aromatic rings. The molecule has 154 valence electrons. The highest BCUT2D eigenvalue weighted by atomic mass is 35.5. The summed E-state index contributed by atoms with van der Waals surface area (Å²) in [5.74, 6) is -0.659. The highest BCUT2D eigenvalue weighted by molar-refractivity contribution is 6.30. The van der Waals surface area contributed by atoms with Crippen LogP contribution in [0.15, 0.2) is 54.6 Å². The summed E-state index contributed by atoms with van der Waals surface area (Å²) in [4.78, 5) is 31.9. The first-order valence-electron chi connectivity index (χ1n) is 10.2. The fourth-order valence-corrected chi connectivity index (χ4v) is 3.86. The lowest BCUT2D eigenvalue weighted by Crippen LogP contribution is -2.35. The third-order valence-electron chi connectivity index (χ3n) is 5.36. The first-order valence-corrected chi connectivity index (χ1v) is 10.6. The maximum Gasteiger partial charge on any atom is 0.339 e. The molecule has 2 aromatic carbocycles. The zero-order valence-electron chi connectivity index (χ0n) is 16.6. The minimum atomic E-state index is -0.521. The fourth-order valence-electron chi connectivity index (χ4n) is 3.73. The first kappa shape index (κ1) is 20.4. The van der Waals surface area contributed by atoms with E-state index in [1.807, 2.05) is 36.4 Å². The van der Waals surface area contributed by atoms with Gasteiger partial charge in [-0.05, 0) is 37.1 Å². The lowest BCUT2D eigenvalue weighted by molar-refractivity contribution is -0.134. The number of halogens is 1. The Morgan fingerprint density at radius 1 is 0.967 bits per heavy atom. The molecular weight excluding hydrogens is 400 g/mol. The topological polar surface area (TPSA) is 59.5 Å². The quantitative estimate of drug-likeness (QED) is 0.548. The van der Waals surface area contributed by atoms with Gasteiger partial charge in [-0.25, -0.2) is 9.78 Å².